The van der Waals surface area contributed by atoms with E-state index in [2.05, 4.69) is 40.9 Å². The van der Waals surface area contributed by atoms with Crippen LogP contribution in [-0.2, 0) is 14.8 Å². The smallest absolute Gasteiger partial charge is 0.240 e. The second-order valence-electron chi connectivity index (χ2n) is 7.52. The van der Waals surface area contributed by atoms with Crippen LogP contribution in [0.25, 0.3) is 0 Å². The molecule has 1 aliphatic heterocycles. The van der Waals surface area contributed by atoms with Gasteiger partial charge >= 0.3 is 0 Å². The standard InChI is InChI=1S/C23H31N3O5S/c1-3-26(20-8-5-4-7-18(20)2)14-13-24-23(27)11-12-25-32(28,29)19-9-10-21-22(17-19)31-16-6-15-30-21/h4-5,7-10,17,25H,3,6,11-16H2,1-2H3,(H,24,27). The first-order chi connectivity index (χ1) is 15.4. The van der Waals surface area contributed by atoms with Gasteiger partial charge in [-0.25, -0.2) is 13.1 Å². The van der Waals surface area contributed by atoms with Gasteiger partial charge in [0.05, 0.1) is 18.1 Å². The van der Waals surface area contributed by atoms with Gasteiger partial charge in [-0.1, -0.05) is 18.2 Å². The van der Waals surface area contributed by atoms with E-state index in [1.54, 1.807) is 6.07 Å². The van der Waals surface area contributed by atoms with Crippen LogP contribution in [0.3, 0.4) is 0 Å². The third-order valence-electron chi connectivity index (χ3n) is 5.22. The van der Waals surface area contributed by atoms with E-state index in [0.29, 0.717) is 37.8 Å². The van der Waals surface area contributed by atoms with Crippen molar-refractivity contribution in [3.63, 3.8) is 0 Å². The number of nitrogens with one attached hydrogen (secondary N) is 2. The zero-order valence-electron chi connectivity index (χ0n) is 18.6. The van der Waals surface area contributed by atoms with E-state index >= 15 is 0 Å². The largest absolute Gasteiger partial charge is 0.490 e. The number of anilines is 1. The van der Waals surface area contributed by atoms with Crippen molar-refractivity contribution in [2.75, 3.05) is 44.3 Å². The van der Waals surface area contributed by atoms with Gasteiger partial charge in [-0.3, -0.25) is 4.79 Å². The van der Waals surface area contributed by atoms with E-state index in [1.165, 1.54) is 17.7 Å². The van der Waals surface area contributed by atoms with Crippen molar-refractivity contribution in [2.24, 2.45) is 0 Å². The number of hydrogen-bond donors (Lipinski definition) is 2. The molecule has 2 aromatic carbocycles. The minimum absolute atomic E-state index is 0.0118. The van der Waals surface area contributed by atoms with Gasteiger partial charge in [0.1, 0.15) is 0 Å². The molecule has 3 rings (SSSR count). The van der Waals surface area contributed by atoms with E-state index in [9.17, 15) is 13.2 Å². The van der Waals surface area contributed by atoms with Crippen molar-refractivity contribution >= 4 is 21.6 Å². The average Bonchev–Trinajstić information content (AvgIpc) is 3.02. The summed E-state index contributed by atoms with van der Waals surface area (Å²) in [6.07, 6.45) is 0.797. The quantitative estimate of drug-likeness (QED) is 0.564. The van der Waals surface area contributed by atoms with Crippen LogP contribution < -0.4 is 24.4 Å². The zero-order valence-corrected chi connectivity index (χ0v) is 19.4. The summed E-state index contributed by atoms with van der Waals surface area (Å²) in [5.74, 6) is 0.747. The lowest BCUT2D eigenvalue weighted by Crippen LogP contribution is -2.36. The first-order valence-electron chi connectivity index (χ1n) is 10.9. The van der Waals surface area contributed by atoms with Crippen LogP contribution in [-0.4, -0.2) is 53.7 Å². The molecule has 8 nitrogen and oxygen atoms in total. The number of nitrogens with zero attached hydrogens (tertiary/aromatic N) is 1. The number of benzene rings is 2. The second kappa shape index (κ2) is 11.2. The summed E-state index contributed by atoms with van der Waals surface area (Å²) in [5.41, 5.74) is 2.33. The highest BCUT2D eigenvalue weighted by Crippen LogP contribution is 2.31. The summed E-state index contributed by atoms with van der Waals surface area (Å²) in [7, 11) is -3.75. The van der Waals surface area contributed by atoms with E-state index < -0.39 is 10.0 Å². The van der Waals surface area contributed by atoms with Gasteiger partial charge in [-0.15, -0.1) is 0 Å². The first kappa shape index (κ1) is 23.9. The second-order valence-corrected chi connectivity index (χ2v) is 9.29. The number of rotatable bonds is 10. The third kappa shape index (κ3) is 6.37. The van der Waals surface area contributed by atoms with Crippen molar-refractivity contribution in [1.29, 1.82) is 0 Å². The first-order valence-corrected chi connectivity index (χ1v) is 12.4. The maximum atomic E-state index is 12.6. The summed E-state index contributed by atoms with van der Waals surface area (Å²) in [6.45, 7) is 7.14. The van der Waals surface area contributed by atoms with Crippen molar-refractivity contribution < 1.29 is 22.7 Å². The Morgan fingerprint density at radius 3 is 2.56 bits per heavy atom. The van der Waals surface area contributed by atoms with Gasteiger partial charge in [0.2, 0.25) is 15.9 Å². The highest BCUT2D eigenvalue weighted by atomic mass is 32.2. The number of para-hydroxylation sites is 1. The molecule has 2 N–H and O–H groups in total. The Labute approximate surface area is 190 Å². The number of carbonyl (C=O) groups excluding carboxylic acids is 1. The molecule has 2 aromatic rings. The van der Waals surface area contributed by atoms with Crippen LogP contribution in [0.5, 0.6) is 11.5 Å². The molecule has 1 heterocycles. The highest BCUT2D eigenvalue weighted by Gasteiger charge is 2.19. The van der Waals surface area contributed by atoms with Gasteiger partial charge in [-0.2, -0.15) is 0 Å². The molecule has 0 saturated carbocycles. The van der Waals surface area contributed by atoms with Gasteiger partial charge in [-0.05, 0) is 37.6 Å². The maximum absolute atomic E-state index is 12.6. The molecule has 32 heavy (non-hydrogen) atoms. The van der Waals surface area contributed by atoms with Crippen LogP contribution in [0.2, 0.25) is 0 Å². The summed E-state index contributed by atoms with van der Waals surface area (Å²) >= 11 is 0. The monoisotopic (exact) mass is 461 g/mol. The molecule has 0 aromatic heterocycles. The minimum atomic E-state index is -3.75. The molecule has 0 aliphatic carbocycles. The summed E-state index contributed by atoms with van der Waals surface area (Å²) < 4.78 is 38.7. The third-order valence-corrected chi connectivity index (χ3v) is 6.67. The van der Waals surface area contributed by atoms with E-state index in [1.807, 2.05) is 12.1 Å². The molecule has 0 atom stereocenters. The Morgan fingerprint density at radius 1 is 1.06 bits per heavy atom. The normalized spacial score (nSPS) is 13.3. The Bertz CT molecular complexity index is 1030. The molecule has 0 saturated heterocycles. The topological polar surface area (TPSA) is 97.0 Å². The summed E-state index contributed by atoms with van der Waals surface area (Å²) in [4.78, 5) is 14.4. The SMILES string of the molecule is CCN(CCNC(=O)CCNS(=O)(=O)c1ccc2c(c1)OCCCO2)c1ccccc1C. The van der Waals surface area contributed by atoms with Crippen LogP contribution in [0, 0.1) is 6.92 Å². The fourth-order valence-electron chi connectivity index (χ4n) is 3.48. The zero-order chi connectivity index (χ0) is 23.0. The summed E-state index contributed by atoms with van der Waals surface area (Å²) in [5, 5.41) is 2.86. The predicted molar refractivity (Wildman–Crippen MR) is 124 cm³/mol. The van der Waals surface area contributed by atoms with Gasteiger partial charge < -0.3 is 19.7 Å². The number of fused-ring (bicyclic) bond motifs is 1. The molecule has 0 radical (unpaired) electrons. The van der Waals surface area contributed by atoms with Crippen LogP contribution in [0.15, 0.2) is 47.4 Å². The Balaban J connectivity index is 1.45. The number of amides is 1. The Morgan fingerprint density at radius 2 is 1.81 bits per heavy atom. The number of carbonyl (C=O) groups is 1. The molecule has 9 heteroatoms. The fraction of sp³-hybridized carbons (Fsp3) is 0.435. The van der Waals surface area contributed by atoms with E-state index in [-0.39, 0.29) is 23.8 Å². The molecule has 1 aliphatic rings. The molecule has 0 spiro atoms. The van der Waals surface area contributed by atoms with E-state index in [4.69, 9.17) is 9.47 Å². The lowest BCUT2D eigenvalue weighted by atomic mass is 10.2. The van der Waals surface area contributed by atoms with Crippen molar-refractivity contribution in [3.8, 4) is 11.5 Å². The van der Waals surface area contributed by atoms with Crippen molar-refractivity contribution in [1.82, 2.24) is 10.0 Å². The van der Waals surface area contributed by atoms with Crippen molar-refractivity contribution in [3.05, 3.63) is 48.0 Å². The molecular formula is C23H31N3O5S. The number of hydrogen-bond acceptors (Lipinski definition) is 6. The molecular weight excluding hydrogens is 430 g/mol. The number of aryl methyl sites for hydroxylation is 1. The highest BCUT2D eigenvalue weighted by molar-refractivity contribution is 7.89. The molecule has 0 bridgehead atoms. The summed E-state index contributed by atoms with van der Waals surface area (Å²) in [6, 6.07) is 12.6. The van der Waals surface area contributed by atoms with Crippen LogP contribution in [0.4, 0.5) is 5.69 Å². The molecule has 174 valence electrons. The van der Waals surface area contributed by atoms with Crippen molar-refractivity contribution in [2.45, 2.75) is 31.6 Å². The molecule has 0 unspecified atom stereocenters. The maximum Gasteiger partial charge on any atom is 0.240 e. The predicted octanol–water partition coefficient (Wildman–Crippen LogP) is 2.47. The lowest BCUT2D eigenvalue weighted by Gasteiger charge is -2.25. The minimum Gasteiger partial charge on any atom is -0.490 e. The van der Waals surface area contributed by atoms with Crippen LogP contribution in [0.1, 0.15) is 25.3 Å². The average molecular weight is 462 g/mol. The number of sulfonamides is 1. The number of ether oxygens (including phenoxy) is 2. The fourth-order valence-corrected chi connectivity index (χ4v) is 4.53. The number of likely N-dealkylation sites (N-methyl/N-ethyl adjacent to an activating group) is 1. The lowest BCUT2D eigenvalue weighted by molar-refractivity contribution is -0.120. The van der Waals surface area contributed by atoms with Gasteiger partial charge in [0, 0.05) is 50.8 Å². The Hall–Kier alpha value is -2.78. The van der Waals surface area contributed by atoms with E-state index in [0.717, 1.165) is 18.7 Å². The molecule has 0 fully saturated rings. The molecule has 1 amide bonds. The Kier molecular flexibility index (Phi) is 8.35. The van der Waals surface area contributed by atoms with Gasteiger partial charge in [0.25, 0.3) is 0 Å². The van der Waals surface area contributed by atoms with Gasteiger partial charge in [0.15, 0.2) is 11.5 Å². The van der Waals surface area contributed by atoms with Crippen LogP contribution >= 0.6 is 0 Å².